The molecule has 9 aromatic rings. The molecule has 11 rings (SSSR count). The summed E-state index contributed by atoms with van der Waals surface area (Å²) in [6, 6.07) is 63.3. The minimum atomic E-state index is -0.425. The van der Waals surface area contributed by atoms with Gasteiger partial charge in [-0.25, -0.2) is 15.0 Å². The van der Waals surface area contributed by atoms with Crippen molar-refractivity contribution in [1.82, 2.24) is 15.0 Å². The van der Waals surface area contributed by atoms with E-state index < -0.39 is 5.41 Å². The van der Waals surface area contributed by atoms with Crippen LogP contribution in [0, 0.1) is 0 Å². The van der Waals surface area contributed by atoms with Crippen molar-refractivity contribution >= 4 is 33.3 Å². The molecule has 52 heavy (non-hydrogen) atoms. The van der Waals surface area contributed by atoms with Gasteiger partial charge in [0.05, 0.1) is 5.41 Å². The summed E-state index contributed by atoms with van der Waals surface area (Å²) in [7, 11) is 0. The van der Waals surface area contributed by atoms with Gasteiger partial charge < -0.3 is 0 Å². The van der Waals surface area contributed by atoms with Crippen LogP contribution in [0.4, 0.5) is 0 Å². The van der Waals surface area contributed by atoms with Crippen molar-refractivity contribution in [1.29, 1.82) is 0 Å². The maximum Gasteiger partial charge on any atom is 0.164 e. The van der Waals surface area contributed by atoms with Gasteiger partial charge in [0.1, 0.15) is 0 Å². The fraction of sp³-hybridized carbons (Fsp3) is 0.0208. The molecule has 1 aliphatic heterocycles. The van der Waals surface area contributed by atoms with Gasteiger partial charge in [0.15, 0.2) is 17.5 Å². The van der Waals surface area contributed by atoms with E-state index in [9.17, 15) is 0 Å². The first kappa shape index (κ1) is 29.4. The zero-order chi connectivity index (χ0) is 34.2. The minimum absolute atomic E-state index is 0.425. The van der Waals surface area contributed by atoms with Gasteiger partial charge in [0.25, 0.3) is 0 Å². The Labute approximate surface area is 305 Å². The second-order valence-electron chi connectivity index (χ2n) is 13.5. The summed E-state index contributed by atoms with van der Waals surface area (Å²) in [4.78, 5) is 17.9. The molecule has 3 nitrogen and oxygen atoms in total. The average molecular weight is 680 g/mol. The summed E-state index contributed by atoms with van der Waals surface area (Å²) < 4.78 is 0. The van der Waals surface area contributed by atoms with Crippen LogP contribution >= 0.6 is 11.8 Å². The highest BCUT2D eigenvalue weighted by molar-refractivity contribution is 7.99. The normalized spacial score (nSPS) is 13.5. The standard InChI is InChI=1S/C48H29N3S/c1-2-13-32(14-3-1)45-49-46(34-24-22-30-12-4-5-15-33(30)28-34)51-47(50-45)35-25-23-31-26-27-41-44(37(31)29-35)36-16-6-7-17-38(36)48(41)39-18-8-10-20-42(39)52-43-21-11-9-19-40(43)48/h1-29H. The highest BCUT2D eigenvalue weighted by Crippen LogP contribution is 2.63. The molecule has 1 spiro atoms. The zero-order valence-corrected chi connectivity index (χ0v) is 28.8. The Bertz CT molecular complexity index is 2850. The summed E-state index contributed by atoms with van der Waals surface area (Å²) in [5.74, 6) is 1.97. The van der Waals surface area contributed by atoms with Crippen molar-refractivity contribution in [2.45, 2.75) is 15.2 Å². The Hall–Kier alpha value is -6.36. The van der Waals surface area contributed by atoms with Gasteiger partial charge in [-0.2, -0.15) is 0 Å². The molecule has 0 N–H and O–H groups in total. The minimum Gasteiger partial charge on any atom is -0.208 e. The van der Waals surface area contributed by atoms with Crippen LogP contribution in [-0.4, -0.2) is 15.0 Å². The van der Waals surface area contributed by atoms with Gasteiger partial charge >= 0.3 is 0 Å². The Morgan fingerprint density at radius 3 is 1.63 bits per heavy atom. The van der Waals surface area contributed by atoms with Crippen LogP contribution in [0.1, 0.15) is 22.3 Å². The first-order chi connectivity index (χ1) is 25.8. The third kappa shape index (κ3) is 4.25. The molecule has 0 saturated carbocycles. The lowest BCUT2D eigenvalue weighted by molar-refractivity contribution is 0.723. The second kappa shape index (κ2) is 11.3. The fourth-order valence-corrected chi connectivity index (χ4v) is 9.68. The third-order valence-electron chi connectivity index (χ3n) is 10.8. The number of aromatic nitrogens is 3. The number of hydrogen-bond acceptors (Lipinski definition) is 4. The summed E-state index contributed by atoms with van der Waals surface area (Å²) in [6.07, 6.45) is 0. The molecule has 0 fully saturated rings. The number of benzene rings is 8. The second-order valence-corrected chi connectivity index (χ2v) is 14.6. The molecule has 0 bridgehead atoms. The van der Waals surface area contributed by atoms with Gasteiger partial charge in [-0.3, -0.25) is 0 Å². The van der Waals surface area contributed by atoms with Gasteiger partial charge in [-0.1, -0.05) is 163 Å². The molecule has 2 heterocycles. The van der Waals surface area contributed by atoms with Gasteiger partial charge in [-0.15, -0.1) is 0 Å². The Kier molecular flexibility index (Phi) is 6.40. The highest BCUT2D eigenvalue weighted by atomic mass is 32.2. The molecular formula is C48H29N3S. The summed E-state index contributed by atoms with van der Waals surface area (Å²) in [5.41, 5.74) is 10.3. The molecule has 0 atom stereocenters. The van der Waals surface area contributed by atoms with Crippen molar-refractivity contribution in [2.75, 3.05) is 0 Å². The topological polar surface area (TPSA) is 38.7 Å². The molecule has 8 aromatic carbocycles. The third-order valence-corrected chi connectivity index (χ3v) is 11.9. The lowest BCUT2D eigenvalue weighted by Crippen LogP contribution is -2.31. The van der Waals surface area contributed by atoms with E-state index in [4.69, 9.17) is 15.0 Å². The van der Waals surface area contributed by atoms with Crippen molar-refractivity contribution in [3.8, 4) is 45.3 Å². The Morgan fingerprint density at radius 1 is 0.365 bits per heavy atom. The quantitative estimate of drug-likeness (QED) is 0.186. The zero-order valence-electron chi connectivity index (χ0n) is 28.0. The van der Waals surface area contributed by atoms with E-state index in [0.29, 0.717) is 17.5 Å². The molecule has 0 unspecified atom stereocenters. The van der Waals surface area contributed by atoms with Crippen LogP contribution in [0.15, 0.2) is 186 Å². The summed E-state index contributed by atoms with van der Waals surface area (Å²) in [5, 5.41) is 4.73. The molecule has 0 amide bonds. The van der Waals surface area contributed by atoms with Gasteiger partial charge in [0.2, 0.25) is 0 Å². The predicted molar refractivity (Wildman–Crippen MR) is 213 cm³/mol. The summed E-state index contributed by atoms with van der Waals surface area (Å²) in [6.45, 7) is 0. The van der Waals surface area contributed by atoms with E-state index >= 15 is 0 Å². The largest absolute Gasteiger partial charge is 0.208 e. The number of hydrogen-bond donors (Lipinski definition) is 0. The molecule has 1 aliphatic carbocycles. The fourth-order valence-electron chi connectivity index (χ4n) is 8.49. The van der Waals surface area contributed by atoms with Gasteiger partial charge in [-0.05, 0) is 79.2 Å². The number of nitrogens with zero attached hydrogens (tertiary/aromatic N) is 3. The van der Waals surface area contributed by atoms with Crippen LogP contribution in [-0.2, 0) is 5.41 Å². The van der Waals surface area contributed by atoms with Crippen LogP contribution in [0.2, 0.25) is 0 Å². The van der Waals surface area contributed by atoms with E-state index in [1.54, 1.807) is 0 Å². The average Bonchev–Trinajstić information content (AvgIpc) is 3.51. The maximum absolute atomic E-state index is 5.17. The molecule has 1 aromatic heterocycles. The molecule has 0 radical (unpaired) electrons. The molecular weight excluding hydrogens is 651 g/mol. The Balaban J connectivity index is 1.17. The molecule has 0 saturated heterocycles. The number of fused-ring (bicyclic) bond motifs is 12. The Morgan fingerprint density at radius 2 is 0.904 bits per heavy atom. The monoisotopic (exact) mass is 679 g/mol. The van der Waals surface area contributed by atoms with E-state index in [2.05, 4.69) is 158 Å². The van der Waals surface area contributed by atoms with Crippen LogP contribution in [0.5, 0.6) is 0 Å². The van der Waals surface area contributed by atoms with Crippen LogP contribution < -0.4 is 0 Å². The first-order valence-corrected chi connectivity index (χ1v) is 18.4. The number of rotatable bonds is 3. The molecule has 2 aliphatic rings. The highest BCUT2D eigenvalue weighted by Gasteiger charge is 2.50. The molecule has 242 valence electrons. The first-order valence-electron chi connectivity index (χ1n) is 17.6. The van der Waals surface area contributed by atoms with E-state index in [1.165, 1.54) is 59.3 Å². The molecule has 4 heteroatoms. The van der Waals surface area contributed by atoms with Crippen LogP contribution in [0.25, 0.3) is 66.8 Å². The summed E-state index contributed by atoms with van der Waals surface area (Å²) >= 11 is 1.87. The predicted octanol–water partition coefficient (Wildman–Crippen LogP) is 12.0. The van der Waals surface area contributed by atoms with E-state index in [-0.39, 0.29) is 0 Å². The van der Waals surface area contributed by atoms with Crippen LogP contribution in [0.3, 0.4) is 0 Å². The lowest BCUT2D eigenvalue weighted by Gasteiger charge is -2.39. The van der Waals surface area contributed by atoms with E-state index in [0.717, 1.165) is 22.1 Å². The van der Waals surface area contributed by atoms with E-state index in [1.807, 2.05) is 30.0 Å². The SMILES string of the molecule is c1ccc(-c2nc(-c3ccc4ccccc4c3)nc(-c3ccc4ccc5c(c4c3)-c3ccccc3C53c4ccccc4Sc4ccccc43)n2)cc1. The van der Waals surface area contributed by atoms with Crippen molar-refractivity contribution < 1.29 is 0 Å². The van der Waals surface area contributed by atoms with Crippen molar-refractivity contribution in [3.05, 3.63) is 198 Å². The van der Waals surface area contributed by atoms with Crippen molar-refractivity contribution in [3.63, 3.8) is 0 Å². The van der Waals surface area contributed by atoms with Gasteiger partial charge in [0, 0.05) is 26.5 Å². The van der Waals surface area contributed by atoms with Crippen molar-refractivity contribution in [2.24, 2.45) is 0 Å². The maximum atomic E-state index is 5.17. The lowest BCUT2D eigenvalue weighted by atomic mass is 9.67. The smallest absolute Gasteiger partial charge is 0.164 e.